The number of nitrogens with zero attached hydrogens (tertiary/aromatic N) is 2. The molecule has 2 N–H and O–H groups in total. The normalized spacial score (nSPS) is 17.2. The number of nitrogens with two attached hydrogens (primary N) is 1. The summed E-state index contributed by atoms with van der Waals surface area (Å²) in [6, 6.07) is 2.45. The Morgan fingerprint density at radius 1 is 1.36 bits per heavy atom. The maximum atomic E-state index is 12.8. The quantitative estimate of drug-likeness (QED) is 0.444. The number of amides is 1. The molecule has 1 unspecified atom stereocenters. The summed E-state index contributed by atoms with van der Waals surface area (Å²) in [6.45, 7) is 1.43. The third-order valence-corrected chi connectivity index (χ3v) is 4.00. The van der Waals surface area contributed by atoms with Crippen LogP contribution in [-0.2, 0) is 4.74 Å². The molecule has 0 aromatic heterocycles. The van der Waals surface area contributed by atoms with Crippen LogP contribution in [0.3, 0.4) is 0 Å². The van der Waals surface area contributed by atoms with Crippen LogP contribution in [0, 0.1) is 10.1 Å². The van der Waals surface area contributed by atoms with Gasteiger partial charge in [-0.15, -0.1) is 0 Å². The number of piperidine rings is 1. The van der Waals surface area contributed by atoms with Crippen molar-refractivity contribution in [1.82, 2.24) is 4.90 Å². The fourth-order valence-electron chi connectivity index (χ4n) is 2.74. The standard InChI is InChI=1S/C16H23N3O6/c1-23-6-7-25-15-9-13(19(21)22)12(8-14(15)24-2)16(20)18-5-3-4-11(17)10-18/h8-9,11H,3-7,10,17H2,1-2H3. The number of carbonyl (C=O) groups excluding carboxylic acids is 1. The van der Waals surface area contributed by atoms with Gasteiger partial charge in [-0.25, -0.2) is 0 Å². The maximum Gasteiger partial charge on any atom is 0.286 e. The molecule has 2 rings (SSSR count). The van der Waals surface area contributed by atoms with Gasteiger partial charge >= 0.3 is 0 Å². The van der Waals surface area contributed by atoms with Crippen molar-refractivity contribution in [1.29, 1.82) is 0 Å². The zero-order valence-corrected chi connectivity index (χ0v) is 14.4. The van der Waals surface area contributed by atoms with E-state index < -0.39 is 10.8 Å². The smallest absolute Gasteiger partial charge is 0.286 e. The van der Waals surface area contributed by atoms with Gasteiger partial charge in [-0.1, -0.05) is 0 Å². The summed E-state index contributed by atoms with van der Waals surface area (Å²) in [5.41, 5.74) is 5.55. The molecule has 1 atom stereocenters. The van der Waals surface area contributed by atoms with Gasteiger partial charge in [0.15, 0.2) is 11.5 Å². The van der Waals surface area contributed by atoms with Crippen molar-refractivity contribution in [3.63, 3.8) is 0 Å². The first-order valence-corrected chi connectivity index (χ1v) is 8.01. The Bertz CT molecular complexity index is 637. The molecule has 0 radical (unpaired) electrons. The second kappa shape index (κ2) is 8.63. The molecule has 9 nitrogen and oxygen atoms in total. The average molecular weight is 353 g/mol. The van der Waals surface area contributed by atoms with Gasteiger partial charge in [0.1, 0.15) is 12.2 Å². The van der Waals surface area contributed by atoms with Crippen LogP contribution in [0.2, 0.25) is 0 Å². The molecule has 1 saturated heterocycles. The third-order valence-electron chi connectivity index (χ3n) is 4.00. The van der Waals surface area contributed by atoms with E-state index in [-0.39, 0.29) is 35.4 Å². The molecule has 1 aliphatic rings. The van der Waals surface area contributed by atoms with Crippen molar-refractivity contribution >= 4 is 11.6 Å². The van der Waals surface area contributed by atoms with Gasteiger partial charge in [-0.2, -0.15) is 0 Å². The van der Waals surface area contributed by atoms with Gasteiger partial charge < -0.3 is 24.8 Å². The number of likely N-dealkylation sites (tertiary alicyclic amines) is 1. The lowest BCUT2D eigenvalue weighted by atomic mass is 10.0. The molecule has 1 aromatic rings. The molecule has 1 fully saturated rings. The first-order chi connectivity index (χ1) is 12.0. The number of ether oxygens (including phenoxy) is 3. The largest absolute Gasteiger partial charge is 0.493 e. The molecular weight excluding hydrogens is 330 g/mol. The summed E-state index contributed by atoms with van der Waals surface area (Å²) in [7, 11) is 2.93. The highest BCUT2D eigenvalue weighted by Gasteiger charge is 2.30. The zero-order chi connectivity index (χ0) is 18.4. The van der Waals surface area contributed by atoms with Crippen LogP contribution in [0.5, 0.6) is 11.5 Å². The Hall–Kier alpha value is -2.39. The highest BCUT2D eigenvalue weighted by Crippen LogP contribution is 2.35. The van der Waals surface area contributed by atoms with E-state index in [1.807, 2.05) is 0 Å². The van der Waals surface area contributed by atoms with Crippen molar-refractivity contribution in [2.24, 2.45) is 5.73 Å². The summed E-state index contributed by atoms with van der Waals surface area (Å²) in [5.74, 6) is 0.0214. The number of rotatable bonds is 7. The molecule has 1 amide bonds. The predicted octanol–water partition coefficient (Wildman–Crippen LogP) is 1.19. The summed E-state index contributed by atoms with van der Waals surface area (Å²) in [6.07, 6.45) is 1.61. The number of carbonyl (C=O) groups is 1. The minimum absolute atomic E-state index is 0.0324. The molecule has 0 spiro atoms. The maximum absolute atomic E-state index is 12.8. The Morgan fingerprint density at radius 2 is 2.12 bits per heavy atom. The second-order valence-corrected chi connectivity index (χ2v) is 5.77. The molecule has 0 bridgehead atoms. The first-order valence-electron chi connectivity index (χ1n) is 8.01. The fraction of sp³-hybridized carbons (Fsp3) is 0.562. The number of nitro groups is 1. The van der Waals surface area contributed by atoms with E-state index in [4.69, 9.17) is 19.9 Å². The summed E-state index contributed by atoms with van der Waals surface area (Å²) in [4.78, 5) is 25.1. The third kappa shape index (κ3) is 4.58. The fourth-order valence-corrected chi connectivity index (χ4v) is 2.74. The van der Waals surface area contributed by atoms with Crippen LogP contribution in [-0.4, -0.2) is 62.3 Å². The number of nitro benzene ring substituents is 1. The van der Waals surface area contributed by atoms with Gasteiger partial charge in [0.25, 0.3) is 11.6 Å². The Balaban J connectivity index is 2.35. The molecule has 1 aliphatic heterocycles. The number of hydrogen-bond acceptors (Lipinski definition) is 7. The Labute approximate surface area is 145 Å². The van der Waals surface area contributed by atoms with Crippen LogP contribution in [0.1, 0.15) is 23.2 Å². The number of hydrogen-bond donors (Lipinski definition) is 1. The van der Waals surface area contributed by atoms with E-state index in [0.29, 0.717) is 19.7 Å². The first kappa shape index (κ1) is 18.9. The molecular formula is C16H23N3O6. The molecule has 9 heteroatoms. The van der Waals surface area contributed by atoms with E-state index in [1.54, 1.807) is 4.90 Å². The number of benzene rings is 1. The lowest BCUT2D eigenvalue weighted by Crippen LogP contribution is -2.45. The monoisotopic (exact) mass is 353 g/mol. The summed E-state index contributed by atoms with van der Waals surface area (Å²) >= 11 is 0. The predicted molar refractivity (Wildman–Crippen MR) is 90.1 cm³/mol. The minimum atomic E-state index is -0.597. The topological polar surface area (TPSA) is 117 Å². The highest BCUT2D eigenvalue weighted by molar-refractivity contribution is 5.99. The molecule has 0 aliphatic carbocycles. The minimum Gasteiger partial charge on any atom is -0.493 e. The van der Waals surface area contributed by atoms with E-state index >= 15 is 0 Å². The van der Waals surface area contributed by atoms with Gasteiger partial charge in [0.2, 0.25) is 0 Å². The van der Waals surface area contributed by atoms with Gasteiger partial charge in [-0.05, 0) is 12.8 Å². The highest BCUT2D eigenvalue weighted by atomic mass is 16.6. The number of methoxy groups -OCH3 is 2. The molecule has 0 saturated carbocycles. The van der Waals surface area contributed by atoms with Crippen molar-refractivity contribution in [2.45, 2.75) is 18.9 Å². The van der Waals surface area contributed by atoms with Gasteiger partial charge in [0, 0.05) is 32.3 Å². The van der Waals surface area contributed by atoms with Gasteiger partial charge in [-0.3, -0.25) is 14.9 Å². The Morgan fingerprint density at radius 3 is 2.72 bits per heavy atom. The lowest BCUT2D eigenvalue weighted by molar-refractivity contribution is -0.385. The van der Waals surface area contributed by atoms with Crippen molar-refractivity contribution in [2.75, 3.05) is 40.5 Å². The van der Waals surface area contributed by atoms with Crippen molar-refractivity contribution < 1.29 is 23.9 Å². The van der Waals surface area contributed by atoms with Crippen LogP contribution < -0.4 is 15.2 Å². The Kier molecular flexibility index (Phi) is 6.54. The van der Waals surface area contributed by atoms with Gasteiger partial charge in [0.05, 0.1) is 24.7 Å². The average Bonchev–Trinajstić information content (AvgIpc) is 2.60. The molecule has 25 heavy (non-hydrogen) atoms. The zero-order valence-electron chi connectivity index (χ0n) is 14.4. The molecule has 1 aromatic carbocycles. The van der Waals surface area contributed by atoms with E-state index in [2.05, 4.69) is 0 Å². The molecule has 138 valence electrons. The summed E-state index contributed by atoms with van der Waals surface area (Å²) < 4.78 is 15.6. The van der Waals surface area contributed by atoms with E-state index in [1.165, 1.54) is 26.4 Å². The van der Waals surface area contributed by atoms with E-state index in [9.17, 15) is 14.9 Å². The second-order valence-electron chi connectivity index (χ2n) is 5.77. The molecule has 1 heterocycles. The van der Waals surface area contributed by atoms with Crippen LogP contribution in [0.15, 0.2) is 12.1 Å². The van der Waals surface area contributed by atoms with Crippen molar-refractivity contribution in [3.05, 3.63) is 27.8 Å². The van der Waals surface area contributed by atoms with Crippen molar-refractivity contribution in [3.8, 4) is 11.5 Å². The summed E-state index contributed by atoms with van der Waals surface area (Å²) in [5, 5.41) is 11.4. The van der Waals surface area contributed by atoms with Crippen LogP contribution in [0.25, 0.3) is 0 Å². The lowest BCUT2D eigenvalue weighted by Gasteiger charge is -2.30. The van der Waals surface area contributed by atoms with Crippen LogP contribution in [0.4, 0.5) is 5.69 Å². The van der Waals surface area contributed by atoms with Crippen LogP contribution >= 0.6 is 0 Å². The van der Waals surface area contributed by atoms with E-state index in [0.717, 1.165) is 12.8 Å². The SMILES string of the molecule is COCCOc1cc([N+](=O)[O-])c(C(=O)N2CCCC(N)C2)cc1OC.